The molecule has 0 saturated heterocycles. The zero-order valence-corrected chi connectivity index (χ0v) is 21.5. The highest BCUT2D eigenvalue weighted by atomic mass is 16.5. The van der Waals surface area contributed by atoms with Crippen LogP contribution in [0.25, 0.3) is 0 Å². The van der Waals surface area contributed by atoms with Crippen molar-refractivity contribution in [2.45, 2.75) is 90.4 Å². The first-order valence-electron chi connectivity index (χ1n) is 13.3. The molecule has 0 atom stereocenters. The lowest BCUT2D eigenvalue weighted by molar-refractivity contribution is -0.136. The summed E-state index contributed by atoms with van der Waals surface area (Å²) in [5.41, 5.74) is 0.989. The van der Waals surface area contributed by atoms with Crippen molar-refractivity contribution in [3.63, 3.8) is 0 Å². The Balaban J connectivity index is 1.80. The van der Waals surface area contributed by atoms with Gasteiger partial charge in [0.15, 0.2) is 5.78 Å². The second kappa shape index (κ2) is 16.5. The molecule has 0 unspecified atom stereocenters. The van der Waals surface area contributed by atoms with Gasteiger partial charge in [0.25, 0.3) is 0 Å². The minimum Gasteiger partial charge on any atom is -0.493 e. The van der Waals surface area contributed by atoms with Crippen LogP contribution in [-0.4, -0.2) is 34.5 Å². The number of ketones is 1. The first kappa shape index (κ1) is 29.1. The van der Waals surface area contributed by atoms with Gasteiger partial charge >= 0.3 is 11.9 Å². The topological polar surface area (TPSA) is 101 Å². The fourth-order valence-corrected chi connectivity index (χ4v) is 4.25. The number of hydrogen-bond donors (Lipinski definition) is 2. The predicted octanol–water partition coefficient (Wildman–Crippen LogP) is 7.32. The Bertz CT molecular complexity index is 981. The maximum Gasteiger partial charge on any atom is 0.335 e. The normalized spacial score (nSPS) is 10.8. The number of carboxylic acid groups (broad SMARTS) is 2. The molecule has 0 aliphatic carbocycles. The van der Waals surface area contributed by atoms with Crippen LogP contribution in [-0.2, 0) is 11.2 Å². The van der Waals surface area contributed by atoms with Crippen molar-refractivity contribution in [3.05, 3.63) is 64.7 Å². The van der Waals surface area contributed by atoms with Crippen LogP contribution >= 0.6 is 0 Å². The Labute approximate surface area is 214 Å². The zero-order valence-electron chi connectivity index (χ0n) is 21.5. The minimum atomic E-state index is -1.11. The van der Waals surface area contributed by atoms with Gasteiger partial charge < -0.3 is 14.9 Å². The Morgan fingerprint density at radius 1 is 0.694 bits per heavy atom. The fraction of sp³-hybridized carbons (Fsp3) is 0.500. The SMILES string of the molecule is CCCCCCCCCCCCCCOc1ccc(C(=O)c2cccc(C(=O)O)c2)cc1CC(=O)O. The van der Waals surface area contributed by atoms with Crippen molar-refractivity contribution < 1.29 is 29.3 Å². The van der Waals surface area contributed by atoms with Gasteiger partial charge in [0, 0.05) is 16.7 Å². The molecule has 0 spiro atoms. The standard InChI is InChI=1S/C30H40O6/c1-2-3-4-5-6-7-8-9-10-11-12-13-19-36-27-18-17-24(21-26(27)22-28(31)32)29(33)23-15-14-16-25(20-23)30(34)35/h14-18,20-21H,2-13,19,22H2,1H3,(H,31,32)(H,34,35). The van der Waals surface area contributed by atoms with Gasteiger partial charge in [-0.05, 0) is 36.8 Å². The molecule has 2 aromatic carbocycles. The molecule has 0 bridgehead atoms. The van der Waals surface area contributed by atoms with Crippen LogP contribution < -0.4 is 4.74 Å². The van der Waals surface area contributed by atoms with E-state index in [-0.39, 0.29) is 23.3 Å². The lowest BCUT2D eigenvalue weighted by atomic mass is 9.98. The molecular weight excluding hydrogens is 456 g/mol. The maximum absolute atomic E-state index is 12.9. The van der Waals surface area contributed by atoms with E-state index in [1.807, 2.05) is 0 Å². The van der Waals surface area contributed by atoms with Crippen molar-refractivity contribution in [2.75, 3.05) is 6.61 Å². The van der Waals surface area contributed by atoms with Gasteiger partial charge in [-0.2, -0.15) is 0 Å². The molecule has 0 aliphatic rings. The van der Waals surface area contributed by atoms with Gasteiger partial charge in [-0.3, -0.25) is 9.59 Å². The van der Waals surface area contributed by atoms with Crippen molar-refractivity contribution in [1.82, 2.24) is 0 Å². The highest BCUT2D eigenvalue weighted by Crippen LogP contribution is 2.24. The van der Waals surface area contributed by atoms with Gasteiger partial charge in [0.1, 0.15) is 5.75 Å². The summed E-state index contributed by atoms with van der Waals surface area (Å²) in [6.45, 7) is 2.74. The summed E-state index contributed by atoms with van der Waals surface area (Å²) in [6, 6.07) is 10.6. The molecule has 196 valence electrons. The number of rotatable bonds is 19. The summed E-state index contributed by atoms with van der Waals surface area (Å²) in [5.74, 6) is -2.02. The third kappa shape index (κ3) is 10.6. The third-order valence-corrected chi connectivity index (χ3v) is 6.29. The molecule has 0 fully saturated rings. The van der Waals surface area contributed by atoms with Gasteiger partial charge in [-0.1, -0.05) is 89.7 Å². The first-order valence-corrected chi connectivity index (χ1v) is 13.3. The van der Waals surface area contributed by atoms with Crippen LogP contribution in [0.4, 0.5) is 0 Å². The quantitative estimate of drug-likeness (QED) is 0.156. The molecule has 0 aliphatic heterocycles. The Kier molecular flexibility index (Phi) is 13.3. The van der Waals surface area contributed by atoms with Gasteiger partial charge in [-0.25, -0.2) is 4.79 Å². The second-order valence-corrected chi connectivity index (χ2v) is 9.35. The molecule has 2 aromatic rings. The van der Waals surface area contributed by atoms with Gasteiger partial charge in [0.2, 0.25) is 0 Å². The molecule has 0 amide bonds. The maximum atomic E-state index is 12.9. The zero-order chi connectivity index (χ0) is 26.2. The van der Waals surface area contributed by atoms with E-state index >= 15 is 0 Å². The summed E-state index contributed by atoms with van der Waals surface area (Å²) in [7, 11) is 0. The van der Waals surface area contributed by atoms with E-state index in [9.17, 15) is 19.5 Å². The van der Waals surface area contributed by atoms with Crippen molar-refractivity contribution >= 4 is 17.7 Å². The van der Waals surface area contributed by atoms with Crippen molar-refractivity contribution in [2.24, 2.45) is 0 Å². The Hall–Kier alpha value is -3.15. The van der Waals surface area contributed by atoms with Crippen LogP contribution in [0.3, 0.4) is 0 Å². The van der Waals surface area contributed by atoms with E-state index in [4.69, 9.17) is 9.84 Å². The molecule has 0 heterocycles. The van der Waals surface area contributed by atoms with Crippen LogP contribution in [0.15, 0.2) is 42.5 Å². The fourth-order valence-electron chi connectivity index (χ4n) is 4.25. The van der Waals surface area contributed by atoms with E-state index in [2.05, 4.69) is 6.92 Å². The summed E-state index contributed by atoms with van der Waals surface area (Å²) in [5, 5.41) is 18.5. The molecule has 0 radical (unpaired) electrons. The van der Waals surface area contributed by atoms with Crippen LogP contribution in [0.2, 0.25) is 0 Å². The highest BCUT2D eigenvalue weighted by Gasteiger charge is 2.16. The number of hydrogen-bond acceptors (Lipinski definition) is 4. The Morgan fingerprint density at radius 3 is 1.83 bits per heavy atom. The lowest BCUT2D eigenvalue weighted by Gasteiger charge is -2.12. The molecule has 6 nitrogen and oxygen atoms in total. The van der Waals surface area contributed by atoms with Crippen LogP contribution in [0, 0.1) is 0 Å². The molecule has 36 heavy (non-hydrogen) atoms. The number of unbranched alkanes of at least 4 members (excludes halogenated alkanes) is 11. The van der Waals surface area contributed by atoms with E-state index in [0.29, 0.717) is 23.5 Å². The molecule has 2 rings (SSSR count). The largest absolute Gasteiger partial charge is 0.493 e. The van der Waals surface area contributed by atoms with E-state index in [0.717, 1.165) is 12.8 Å². The van der Waals surface area contributed by atoms with E-state index < -0.39 is 11.9 Å². The first-order chi connectivity index (χ1) is 17.4. The third-order valence-electron chi connectivity index (χ3n) is 6.29. The summed E-state index contributed by atoms with van der Waals surface area (Å²) < 4.78 is 5.87. The van der Waals surface area contributed by atoms with E-state index in [1.54, 1.807) is 18.2 Å². The molecular formula is C30H40O6. The van der Waals surface area contributed by atoms with Crippen molar-refractivity contribution in [3.8, 4) is 5.75 Å². The van der Waals surface area contributed by atoms with Gasteiger partial charge in [0.05, 0.1) is 18.6 Å². The average molecular weight is 497 g/mol. The number of aromatic carboxylic acids is 1. The monoisotopic (exact) mass is 496 g/mol. The van der Waals surface area contributed by atoms with Crippen LogP contribution in [0.1, 0.15) is 116 Å². The van der Waals surface area contributed by atoms with E-state index in [1.165, 1.54) is 88.5 Å². The number of carbonyl (C=O) groups excluding carboxylic acids is 1. The molecule has 2 N–H and O–H groups in total. The Morgan fingerprint density at radius 2 is 1.25 bits per heavy atom. The highest BCUT2D eigenvalue weighted by molar-refractivity contribution is 6.10. The number of benzene rings is 2. The average Bonchev–Trinajstić information content (AvgIpc) is 2.86. The summed E-state index contributed by atoms with van der Waals surface area (Å²) >= 11 is 0. The predicted molar refractivity (Wildman–Crippen MR) is 141 cm³/mol. The summed E-state index contributed by atoms with van der Waals surface area (Å²) in [4.78, 5) is 35.5. The molecule has 0 aromatic heterocycles. The number of aliphatic carboxylic acids is 1. The second-order valence-electron chi connectivity index (χ2n) is 9.35. The number of ether oxygens (including phenoxy) is 1. The van der Waals surface area contributed by atoms with Crippen LogP contribution in [0.5, 0.6) is 5.75 Å². The smallest absolute Gasteiger partial charge is 0.335 e. The summed E-state index contributed by atoms with van der Waals surface area (Å²) in [6.07, 6.45) is 14.8. The van der Waals surface area contributed by atoms with Crippen molar-refractivity contribution in [1.29, 1.82) is 0 Å². The minimum absolute atomic E-state index is 0.0222. The lowest BCUT2D eigenvalue weighted by Crippen LogP contribution is -2.09. The van der Waals surface area contributed by atoms with Gasteiger partial charge in [-0.15, -0.1) is 0 Å². The number of carboxylic acids is 2. The molecule has 0 saturated carbocycles. The number of carbonyl (C=O) groups is 3. The molecule has 6 heteroatoms.